The number of rotatable bonds is 0. The normalized spacial score (nSPS) is 11.8. The third kappa shape index (κ3) is 0.956. The van der Waals surface area contributed by atoms with Gasteiger partial charge in [-0.2, -0.15) is 0 Å². The summed E-state index contributed by atoms with van der Waals surface area (Å²) in [5.41, 5.74) is 5.97. The molecule has 1 aliphatic heterocycles. The van der Waals surface area contributed by atoms with E-state index in [-0.39, 0.29) is 0 Å². The van der Waals surface area contributed by atoms with E-state index in [9.17, 15) is 0 Å². The number of para-hydroxylation sites is 1. The standard InChI is InChI=1S/C13H10N/c1-9-6-7-11-10-4-2-3-5-12(10)14-13(11)8-9/h2-8H,1H3. The fraction of sp³-hybridized carbons (Fsp3) is 0.0769. The van der Waals surface area contributed by atoms with Crippen molar-refractivity contribution in [2.75, 3.05) is 0 Å². The molecule has 0 unspecified atom stereocenters. The van der Waals surface area contributed by atoms with Gasteiger partial charge in [-0.15, -0.1) is 0 Å². The van der Waals surface area contributed by atoms with Crippen molar-refractivity contribution in [3.8, 4) is 11.1 Å². The third-order valence-corrected chi connectivity index (χ3v) is 2.59. The van der Waals surface area contributed by atoms with E-state index in [0.717, 1.165) is 11.4 Å². The fourth-order valence-corrected chi connectivity index (χ4v) is 1.89. The first-order valence-corrected chi connectivity index (χ1v) is 4.76. The van der Waals surface area contributed by atoms with Crippen LogP contribution in [0.25, 0.3) is 11.1 Å². The van der Waals surface area contributed by atoms with E-state index in [1.165, 1.54) is 16.7 Å². The molecule has 2 aromatic carbocycles. The largest absolute Gasteiger partial charge is 0.248 e. The molecule has 0 aliphatic carbocycles. The van der Waals surface area contributed by atoms with Crippen LogP contribution in [-0.4, -0.2) is 0 Å². The predicted molar refractivity (Wildman–Crippen MR) is 58.1 cm³/mol. The van der Waals surface area contributed by atoms with Gasteiger partial charge in [-0.05, 0) is 24.6 Å². The van der Waals surface area contributed by atoms with Gasteiger partial charge in [-0.25, -0.2) is 5.32 Å². The molecule has 2 aromatic rings. The molecule has 0 fully saturated rings. The molecule has 0 N–H and O–H groups in total. The molecule has 67 valence electrons. The zero-order chi connectivity index (χ0) is 9.54. The van der Waals surface area contributed by atoms with Crippen molar-refractivity contribution in [1.29, 1.82) is 0 Å². The van der Waals surface area contributed by atoms with Crippen LogP contribution in [0.4, 0.5) is 11.4 Å². The van der Waals surface area contributed by atoms with E-state index in [1.54, 1.807) is 0 Å². The first kappa shape index (κ1) is 7.63. The molecule has 0 spiro atoms. The van der Waals surface area contributed by atoms with Crippen LogP contribution < -0.4 is 5.32 Å². The lowest BCUT2D eigenvalue weighted by atomic mass is 10.0. The maximum atomic E-state index is 4.58. The maximum absolute atomic E-state index is 4.58. The van der Waals surface area contributed by atoms with Gasteiger partial charge >= 0.3 is 0 Å². The zero-order valence-corrected chi connectivity index (χ0v) is 7.99. The van der Waals surface area contributed by atoms with Gasteiger partial charge in [0.05, 0.1) is 11.4 Å². The number of benzene rings is 2. The molecule has 1 aliphatic rings. The summed E-state index contributed by atoms with van der Waals surface area (Å²) in [6.07, 6.45) is 0. The number of nitrogens with zero attached hydrogens (tertiary/aromatic N) is 1. The van der Waals surface area contributed by atoms with Crippen molar-refractivity contribution >= 4 is 11.4 Å². The van der Waals surface area contributed by atoms with Gasteiger partial charge in [0.15, 0.2) is 0 Å². The van der Waals surface area contributed by atoms with Crippen LogP contribution in [0.3, 0.4) is 0 Å². The quantitative estimate of drug-likeness (QED) is 0.502. The molecule has 1 heterocycles. The molecule has 3 rings (SSSR count). The van der Waals surface area contributed by atoms with Crippen LogP contribution in [-0.2, 0) is 0 Å². The van der Waals surface area contributed by atoms with E-state index < -0.39 is 0 Å². The van der Waals surface area contributed by atoms with Crippen molar-refractivity contribution in [3.63, 3.8) is 0 Å². The third-order valence-electron chi connectivity index (χ3n) is 2.59. The summed E-state index contributed by atoms with van der Waals surface area (Å²) >= 11 is 0. The van der Waals surface area contributed by atoms with Crippen LogP contribution in [0.5, 0.6) is 0 Å². The molecule has 0 saturated carbocycles. The monoisotopic (exact) mass is 180 g/mol. The highest BCUT2D eigenvalue weighted by Crippen LogP contribution is 2.42. The summed E-state index contributed by atoms with van der Waals surface area (Å²) < 4.78 is 0. The van der Waals surface area contributed by atoms with Crippen LogP contribution in [0, 0.1) is 6.92 Å². The summed E-state index contributed by atoms with van der Waals surface area (Å²) in [6.45, 7) is 2.10. The van der Waals surface area contributed by atoms with Crippen LogP contribution >= 0.6 is 0 Å². The maximum Gasteiger partial charge on any atom is 0.0718 e. The Morgan fingerprint density at radius 2 is 1.64 bits per heavy atom. The Labute approximate surface area is 83.4 Å². The van der Waals surface area contributed by atoms with E-state index in [0.29, 0.717) is 0 Å². The molecule has 1 heteroatoms. The Morgan fingerprint density at radius 3 is 2.57 bits per heavy atom. The highest BCUT2D eigenvalue weighted by molar-refractivity contribution is 5.90. The molecule has 0 bridgehead atoms. The molecule has 0 aromatic heterocycles. The second kappa shape index (κ2) is 2.61. The Balaban J connectivity index is 2.27. The molecular weight excluding hydrogens is 170 g/mol. The van der Waals surface area contributed by atoms with Crippen molar-refractivity contribution in [1.82, 2.24) is 5.32 Å². The van der Waals surface area contributed by atoms with Crippen LogP contribution in [0.1, 0.15) is 5.56 Å². The Kier molecular flexibility index (Phi) is 1.42. The SMILES string of the molecule is Cc1ccc2c(c1)[N]c1ccccc1-2. The van der Waals surface area contributed by atoms with Gasteiger partial charge in [0, 0.05) is 11.1 Å². The second-order valence-corrected chi connectivity index (χ2v) is 3.65. The molecule has 1 nitrogen and oxygen atoms in total. The van der Waals surface area contributed by atoms with Gasteiger partial charge in [0.25, 0.3) is 0 Å². The number of aryl methyl sites for hydroxylation is 1. The van der Waals surface area contributed by atoms with E-state index >= 15 is 0 Å². The number of hydrogen-bond acceptors (Lipinski definition) is 0. The van der Waals surface area contributed by atoms with Gasteiger partial charge < -0.3 is 0 Å². The lowest BCUT2D eigenvalue weighted by Gasteiger charge is -1.98. The molecular formula is C13H10N. The smallest absolute Gasteiger partial charge is 0.0718 e. The first-order valence-electron chi connectivity index (χ1n) is 4.76. The molecule has 1 radical (unpaired) electrons. The van der Waals surface area contributed by atoms with Crippen LogP contribution in [0.2, 0.25) is 0 Å². The lowest BCUT2D eigenvalue weighted by Crippen LogP contribution is -1.81. The summed E-state index contributed by atoms with van der Waals surface area (Å²) in [4.78, 5) is 0. The molecule has 0 atom stereocenters. The highest BCUT2D eigenvalue weighted by Gasteiger charge is 2.18. The number of hydrogen-bond donors (Lipinski definition) is 0. The minimum absolute atomic E-state index is 1.09. The minimum atomic E-state index is 1.09. The first-order chi connectivity index (χ1) is 6.84. The summed E-state index contributed by atoms with van der Waals surface area (Å²) in [6, 6.07) is 14.7. The average molecular weight is 180 g/mol. The topological polar surface area (TPSA) is 14.1 Å². The zero-order valence-electron chi connectivity index (χ0n) is 7.99. The van der Waals surface area contributed by atoms with E-state index in [1.807, 2.05) is 6.07 Å². The van der Waals surface area contributed by atoms with Gasteiger partial charge in [-0.1, -0.05) is 30.3 Å². The predicted octanol–water partition coefficient (Wildman–Crippen LogP) is 3.54. The lowest BCUT2D eigenvalue weighted by molar-refractivity contribution is 1.23. The summed E-state index contributed by atoms with van der Waals surface area (Å²) in [7, 11) is 0. The second-order valence-electron chi connectivity index (χ2n) is 3.65. The molecule has 0 amide bonds. The molecule has 14 heavy (non-hydrogen) atoms. The highest BCUT2D eigenvalue weighted by atomic mass is 14.9. The van der Waals surface area contributed by atoms with Gasteiger partial charge in [-0.3, -0.25) is 0 Å². The molecule has 0 saturated heterocycles. The Morgan fingerprint density at radius 1 is 0.857 bits per heavy atom. The Bertz CT molecular complexity index is 500. The number of fused-ring (bicyclic) bond motifs is 3. The van der Waals surface area contributed by atoms with Gasteiger partial charge in [0.2, 0.25) is 0 Å². The van der Waals surface area contributed by atoms with Crippen molar-refractivity contribution in [2.45, 2.75) is 6.92 Å². The summed E-state index contributed by atoms with van der Waals surface area (Å²) in [5.74, 6) is 0. The minimum Gasteiger partial charge on any atom is -0.248 e. The van der Waals surface area contributed by atoms with Crippen LogP contribution in [0.15, 0.2) is 42.5 Å². The van der Waals surface area contributed by atoms with Crippen molar-refractivity contribution in [3.05, 3.63) is 48.0 Å². The fourth-order valence-electron chi connectivity index (χ4n) is 1.89. The van der Waals surface area contributed by atoms with E-state index in [4.69, 9.17) is 0 Å². The van der Waals surface area contributed by atoms with Gasteiger partial charge in [0.1, 0.15) is 0 Å². The van der Waals surface area contributed by atoms with E-state index in [2.05, 4.69) is 48.6 Å². The van der Waals surface area contributed by atoms with Crippen molar-refractivity contribution in [2.24, 2.45) is 0 Å². The Hall–Kier alpha value is -1.76. The average Bonchev–Trinajstić information content (AvgIpc) is 2.54. The summed E-state index contributed by atoms with van der Waals surface area (Å²) in [5, 5.41) is 4.58. The van der Waals surface area contributed by atoms with Crippen molar-refractivity contribution < 1.29 is 0 Å².